The monoisotopic (exact) mass is 281 g/mol. The Balaban J connectivity index is 2.23. The van der Waals surface area contributed by atoms with Gasteiger partial charge in [-0.1, -0.05) is 0 Å². The maximum Gasteiger partial charge on any atom is 0.219 e. The van der Waals surface area contributed by atoms with Gasteiger partial charge in [-0.25, -0.2) is 9.37 Å². The first-order valence-corrected chi connectivity index (χ1v) is 5.50. The number of nitrogens with zero attached hydrogens (tertiary/aromatic N) is 1. The Morgan fingerprint density at radius 3 is 2.69 bits per heavy atom. The lowest BCUT2D eigenvalue weighted by molar-refractivity contribution is 0.457. The van der Waals surface area contributed by atoms with Crippen molar-refractivity contribution in [3.63, 3.8) is 0 Å². The third-order valence-electron chi connectivity index (χ3n) is 2.05. The third-order valence-corrected chi connectivity index (χ3v) is 2.52. The number of benzene rings is 1. The number of halogens is 2. The van der Waals surface area contributed by atoms with E-state index in [9.17, 15) is 4.39 Å². The first-order chi connectivity index (χ1) is 7.65. The summed E-state index contributed by atoms with van der Waals surface area (Å²) in [6.07, 6.45) is 1.65. The van der Waals surface area contributed by atoms with Crippen LogP contribution in [0.15, 0.2) is 41.0 Å². The van der Waals surface area contributed by atoms with Crippen LogP contribution in [-0.2, 0) is 0 Å². The van der Waals surface area contributed by atoms with Gasteiger partial charge in [-0.2, -0.15) is 0 Å². The van der Waals surface area contributed by atoms with E-state index in [1.807, 2.05) is 6.07 Å². The van der Waals surface area contributed by atoms with E-state index in [2.05, 4.69) is 20.9 Å². The molecule has 1 heterocycles. The van der Waals surface area contributed by atoms with Gasteiger partial charge in [0.1, 0.15) is 11.6 Å². The summed E-state index contributed by atoms with van der Waals surface area (Å²) in [6, 6.07) is 7.96. The van der Waals surface area contributed by atoms with Crippen molar-refractivity contribution in [2.75, 3.05) is 0 Å². The standard InChI is InChI=1S/C12H9BrFNO/c1-8-6-10(14)3-4-11(8)16-12-5-2-9(13)7-15-12/h2-7H,1H3. The van der Waals surface area contributed by atoms with Crippen LogP contribution in [-0.4, -0.2) is 4.98 Å². The first-order valence-electron chi connectivity index (χ1n) is 4.71. The molecule has 0 bridgehead atoms. The topological polar surface area (TPSA) is 22.1 Å². The number of pyridine rings is 1. The second kappa shape index (κ2) is 4.61. The SMILES string of the molecule is Cc1cc(F)ccc1Oc1ccc(Br)cn1. The van der Waals surface area contributed by atoms with E-state index >= 15 is 0 Å². The average molecular weight is 282 g/mol. The Labute approximate surface area is 101 Å². The minimum absolute atomic E-state index is 0.270. The molecule has 0 aliphatic heterocycles. The number of aromatic nitrogens is 1. The molecule has 1 aromatic heterocycles. The van der Waals surface area contributed by atoms with Crippen LogP contribution in [0, 0.1) is 12.7 Å². The zero-order valence-electron chi connectivity index (χ0n) is 8.58. The molecular formula is C12H9BrFNO. The molecule has 0 saturated heterocycles. The predicted molar refractivity (Wildman–Crippen MR) is 63.1 cm³/mol. The van der Waals surface area contributed by atoms with Crippen LogP contribution in [0.25, 0.3) is 0 Å². The summed E-state index contributed by atoms with van der Waals surface area (Å²) in [5.41, 5.74) is 0.740. The normalized spacial score (nSPS) is 10.2. The molecule has 2 aromatic rings. The van der Waals surface area contributed by atoms with Crippen LogP contribution in [0.4, 0.5) is 4.39 Å². The smallest absolute Gasteiger partial charge is 0.219 e. The lowest BCUT2D eigenvalue weighted by Crippen LogP contribution is -1.90. The van der Waals surface area contributed by atoms with E-state index in [0.29, 0.717) is 11.6 Å². The Bertz CT molecular complexity index is 499. The van der Waals surface area contributed by atoms with Crippen LogP contribution in [0.3, 0.4) is 0 Å². The second-order valence-electron chi connectivity index (χ2n) is 3.33. The van der Waals surface area contributed by atoms with E-state index in [4.69, 9.17) is 4.74 Å². The number of hydrogen-bond donors (Lipinski definition) is 0. The molecule has 0 radical (unpaired) electrons. The van der Waals surface area contributed by atoms with Gasteiger partial charge in [-0.3, -0.25) is 0 Å². The Morgan fingerprint density at radius 1 is 1.25 bits per heavy atom. The third kappa shape index (κ3) is 2.58. The molecule has 0 atom stereocenters. The van der Waals surface area contributed by atoms with Crippen LogP contribution < -0.4 is 4.74 Å². The van der Waals surface area contributed by atoms with Crippen molar-refractivity contribution in [3.8, 4) is 11.6 Å². The molecule has 2 nitrogen and oxygen atoms in total. The highest BCUT2D eigenvalue weighted by Gasteiger charge is 2.03. The molecule has 82 valence electrons. The van der Waals surface area contributed by atoms with Gasteiger partial charge in [-0.15, -0.1) is 0 Å². The summed E-state index contributed by atoms with van der Waals surface area (Å²) >= 11 is 3.29. The number of rotatable bonds is 2. The van der Waals surface area contributed by atoms with E-state index < -0.39 is 0 Å². The Kier molecular flexibility index (Phi) is 3.19. The second-order valence-corrected chi connectivity index (χ2v) is 4.24. The van der Waals surface area contributed by atoms with Crippen LogP contribution in [0.5, 0.6) is 11.6 Å². The molecule has 4 heteroatoms. The van der Waals surface area contributed by atoms with Gasteiger partial charge in [-0.05, 0) is 52.7 Å². The summed E-state index contributed by atoms with van der Waals surface area (Å²) in [4.78, 5) is 4.07. The number of hydrogen-bond acceptors (Lipinski definition) is 2. The number of ether oxygens (including phenoxy) is 1. The van der Waals surface area contributed by atoms with E-state index in [1.165, 1.54) is 12.1 Å². The summed E-state index contributed by atoms with van der Waals surface area (Å²) < 4.78 is 19.3. The Morgan fingerprint density at radius 2 is 2.06 bits per heavy atom. The summed E-state index contributed by atoms with van der Waals surface area (Å²) in [5, 5.41) is 0. The highest BCUT2D eigenvalue weighted by atomic mass is 79.9. The fourth-order valence-electron chi connectivity index (χ4n) is 1.26. The molecule has 0 aliphatic carbocycles. The first kappa shape index (κ1) is 11.1. The van der Waals surface area contributed by atoms with E-state index in [1.54, 1.807) is 25.3 Å². The highest BCUT2D eigenvalue weighted by Crippen LogP contribution is 2.24. The van der Waals surface area contributed by atoms with Crippen molar-refractivity contribution in [2.45, 2.75) is 6.92 Å². The zero-order valence-corrected chi connectivity index (χ0v) is 10.2. The van der Waals surface area contributed by atoms with Crippen molar-refractivity contribution in [1.82, 2.24) is 4.98 Å². The molecule has 0 amide bonds. The van der Waals surface area contributed by atoms with Gasteiger partial charge in [0.05, 0.1) is 0 Å². The van der Waals surface area contributed by atoms with Crippen molar-refractivity contribution >= 4 is 15.9 Å². The van der Waals surface area contributed by atoms with E-state index in [-0.39, 0.29) is 5.82 Å². The molecular weight excluding hydrogens is 273 g/mol. The quantitative estimate of drug-likeness (QED) is 0.827. The lowest BCUT2D eigenvalue weighted by atomic mass is 10.2. The minimum atomic E-state index is -0.270. The summed E-state index contributed by atoms with van der Waals surface area (Å²) in [5.74, 6) is 0.822. The van der Waals surface area contributed by atoms with Crippen molar-refractivity contribution < 1.29 is 9.13 Å². The molecule has 0 fully saturated rings. The maximum absolute atomic E-state index is 12.9. The number of aryl methyl sites for hydroxylation is 1. The maximum atomic E-state index is 12.9. The molecule has 16 heavy (non-hydrogen) atoms. The van der Waals surface area contributed by atoms with Crippen molar-refractivity contribution in [1.29, 1.82) is 0 Å². The lowest BCUT2D eigenvalue weighted by Gasteiger charge is -2.07. The fourth-order valence-corrected chi connectivity index (χ4v) is 1.50. The molecule has 1 aromatic carbocycles. The van der Waals surface area contributed by atoms with Crippen LogP contribution in [0.2, 0.25) is 0 Å². The van der Waals surface area contributed by atoms with Crippen LogP contribution in [0.1, 0.15) is 5.56 Å². The van der Waals surface area contributed by atoms with Gasteiger partial charge in [0.25, 0.3) is 0 Å². The zero-order chi connectivity index (χ0) is 11.5. The predicted octanol–water partition coefficient (Wildman–Crippen LogP) is 4.08. The average Bonchev–Trinajstić information content (AvgIpc) is 2.25. The van der Waals surface area contributed by atoms with Crippen LogP contribution >= 0.6 is 15.9 Å². The minimum Gasteiger partial charge on any atom is -0.439 e. The van der Waals surface area contributed by atoms with Gasteiger partial charge in [0.15, 0.2) is 0 Å². The Hall–Kier alpha value is -1.42. The molecule has 0 saturated carbocycles. The largest absolute Gasteiger partial charge is 0.439 e. The van der Waals surface area contributed by atoms with Crippen molar-refractivity contribution in [3.05, 3.63) is 52.4 Å². The summed E-state index contributed by atoms with van der Waals surface area (Å²) in [6.45, 7) is 1.79. The highest BCUT2D eigenvalue weighted by molar-refractivity contribution is 9.10. The van der Waals surface area contributed by atoms with Crippen molar-refractivity contribution in [2.24, 2.45) is 0 Å². The van der Waals surface area contributed by atoms with Gasteiger partial charge >= 0.3 is 0 Å². The van der Waals surface area contributed by atoms with Gasteiger partial charge in [0.2, 0.25) is 5.88 Å². The van der Waals surface area contributed by atoms with Gasteiger partial charge < -0.3 is 4.74 Å². The molecule has 0 aliphatic rings. The molecule has 0 N–H and O–H groups in total. The van der Waals surface area contributed by atoms with E-state index in [0.717, 1.165) is 10.0 Å². The molecule has 0 spiro atoms. The van der Waals surface area contributed by atoms with Gasteiger partial charge in [0, 0.05) is 16.7 Å². The molecule has 0 unspecified atom stereocenters. The molecule has 2 rings (SSSR count). The fraction of sp³-hybridized carbons (Fsp3) is 0.0833. The summed E-state index contributed by atoms with van der Waals surface area (Å²) in [7, 11) is 0.